The summed E-state index contributed by atoms with van der Waals surface area (Å²) < 4.78 is 0. The van der Waals surface area contributed by atoms with Gasteiger partial charge in [0.2, 0.25) is 0 Å². The molecule has 1 N–H and O–H groups in total. The van der Waals surface area contributed by atoms with Crippen molar-refractivity contribution in [2.24, 2.45) is 0 Å². The Morgan fingerprint density at radius 3 is 3.04 bits per heavy atom. The van der Waals surface area contributed by atoms with E-state index >= 15 is 0 Å². The van der Waals surface area contributed by atoms with Crippen LogP contribution in [0.4, 0.5) is 5.82 Å². The molecule has 0 spiro atoms. The van der Waals surface area contributed by atoms with Crippen LogP contribution in [0.5, 0.6) is 0 Å². The van der Waals surface area contributed by atoms with Gasteiger partial charge in [0, 0.05) is 43.0 Å². The molecule has 114 valence electrons. The lowest BCUT2D eigenvalue weighted by atomic mass is 9.90. The van der Waals surface area contributed by atoms with E-state index in [-0.39, 0.29) is 0 Å². The molecule has 0 unspecified atom stereocenters. The fourth-order valence-electron chi connectivity index (χ4n) is 3.39. The van der Waals surface area contributed by atoms with Crippen LogP contribution in [0.15, 0.2) is 42.9 Å². The topological polar surface area (TPSA) is 68.6 Å². The van der Waals surface area contributed by atoms with E-state index in [9.17, 15) is 0 Å². The Morgan fingerprint density at radius 1 is 1.26 bits per heavy atom. The number of hydrogen-bond donors (Lipinski definition) is 1. The predicted octanol–water partition coefficient (Wildman–Crippen LogP) is 3.21. The van der Waals surface area contributed by atoms with Gasteiger partial charge in [0.1, 0.15) is 17.5 Å². The number of nitrogens with zero attached hydrogens (tertiary/aromatic N) is 4. The number of nitrogens with one attached hydrogen (secondary N) is 1. The SMILES string of the molecule is N#Cc1ccc(N2CCC[C@@H](c3c[nH]c4ncccc34)C2)nc1. The maximum absolute atomic E-state index is 8.89. The zero-order valence-electron chi connectivity index (χ0n) is 12.7. The van der Waals surface area contributed by atoms with E-state index in [0.717, 1.165) is 31.0 Å². The molecule has 5 heteroatoms. The number of aromatic amines is 1. The second-order valence-electron chi connectivity index (χ2n) is 5.95. The highest BCUT2D eigenvalue weighted by Gasteiger charge is 2.24. The van der Waals surface area contributed by atoms with E-state index in [0.29, 0.717) is 11.5 Å². The quantitative estimate of drug-likeness (QED) is 0.789. The Bertz CT molecular complexity index is 859. The fraction of sp³-hybridized carbons (Fsp3) is 0.278. The van der Waals surface area contributed by atoms with Crippen LogP contribution in [-0.4, -0.2) is 28.0 Å². The number of aromatic nitrogens is 3. The van der Waals surface area contributed by atoms with Gasteiger partial charge >= 0.3 is 0 Å². The standard InChI is InChI=1S/C18H17N5/c19-9-13-5-6-17(21-10-13)23-8-2-3-14(12-23)16-11-22-18-15(16)4-1-7-20-18/h1,4-7,10-11,14H,2-3,8,12H2,(H,20,22)/t14-/m1/s1. The number of anilines is 1. The Kier molecular flexibility index (Phi) is 3.43. The Labute approximate surface area is 134 Å². The molecule has 0 aromatic carbocycles. The van der Waals surface area contributed by atoms with Crippen LogP contribution < -0.4 is 4.90 Å². The van der Waals surface area contributed by atoms with Crippen LogP contribution in [0.2, 0.25) is 0 Å². The Balaban J connectivity index is 1.60. The monoisotopic (exact) mass is 303 g/mol. The molecule has 1 fully saturated rings. The molecule has 0 aliphatic carbocycles. The lowest BCUT2D eigenvalue weighted by Crippen LogP contribution is -2.34. The average molecular weight is 303 g/mol. The summed E-state index contributed by atoms with van der Waals surface area (Å²) in [5.41, 5.74) is 2.90. The third kappa shape index (κ3) is 2.53. The first-order valence-corrected chi connectivity index (χ1v) is 7.88. The molecular weight excluding hydrogens is 286 g/mol. The van der Waals surface area contributed by atoms with Gasteiger partial charge in [0.25, 0.3) is 0 Å². The Morgan fingerprint density at radius 2 is 2.22 bits per heavy atom. The van der Waals surface area contributed by atoms with Gasteiger partial charge in [0.15, 0.2) is 0 Å². The van der Waals surface area contributed by atoms with Crippen LogP contribution in [0, 0.1) is 11.3 Å². The minimum absolute atomic E-state index is 0.471. The largest absolute Gasteiger partial charge is 0.356 e. The highest BCUT2D eigenvalue weighted by Crippen LogP contribution is 2.32. The molecule has 1 saturated heterocycles. The van der Waals surface area contributed by atoms with Gasteiger partial charge in [-0.05, 0) is 42.7 Å². The van der Waals surface area contributed by atoms with Gasteiger partial charge in [-0.1, -0.05) is 0 Å². The second kappa shape index (κ2) is 5.73. The molecule has 0 bridgehead atoms. The van der Waals surface area contributed by atoms with Crippen molar-refractivity contribution >= 4 is 16.9 Å². The van der Waals surface area contributed by atoms with Crippen molar-refractivity contribution in [3.05, 3.63) is 54.0 Å². The van der Waals surface area contributed by atoms with Gasteiger partial charge < -0.3 is 9.88 Å². The maximum atomic E-state index is 8.89. The zero-order valence-corrected chi connectivity index (χ0v) is 12.7. The van der Waals surface area contributed by atoms with Crippen molar-refractivity contribution in [1.82, 2.24) is 15.0 Å². The van der Waals surface area contributed by atoms with Crippen molar-refractivity contribution in [3.63, 3.8) is 0 Å². The minimum atomic E-state index is 0.471. The van der Waals surface area contributed by atoms with E-state index in [1.807, 2.05) is 24.4 Å². The van der Waals surface area contributed by atoms with Crippen LogP contribution in [-0.2, 0) is 0 Å². The predicted molar refractivity (Wildman–Crippen MR) is 89.2 cm³/mol. The summed E-state index contributed by atoms with van der Waals surface area (Å²) in [6.45, 7) is 1.96. The molecule has 4 rings (SSSR count). The highest BCUT2D eigenvalue weighted by molar-refractivity contribution is 5.80. The van der Waals surface area contributed by atoms with Crippen molar-refractivity contribution < 1.29 is 0 Å². The number of pyridine rings is 2. The second-order valence-corrected chi connectivity index (χ2v) is 5.95. The number of hydrogen-bond acceptors (Lipinski definition) is 4. The first kappa shape index (κ1) is 13.8. The van der Waals surface area contributed by atoms with Crippen molar-refractivity contribution in [3.8, 4) is 6.07 Å². The lowest BCUT2D eigenvalue weighted by molar-refractivity contribution is 0.509. The normalized spacial score (nSPS) is 18.0. The molecule has 4 heterocycles. The van der Waals surface area contributed by atoms with E-state index in [1.165, 1.54) is 17.4 Å². The van der Waals surface area contributed by atoms with Gasteiger partial charge in [-0.25, -0.2) is 9.97 Å². The first-order chi connectivity index (χ1) is 11.3. The van der Waals surface area contributed by atoms with Crippen molar-refractivity contribution in [2.75, 3.05) is 18.0 Å². The molecular formula is C18H17N5. The summed E-state index contributed by atoms with van der Waals surface area (Å²) in [7, 11) is 0. The molecule has 1 aliphatic rings. The van der Waals surface area contributed by atoms with Crippen molar-refractivity contribution in [2.45, 2.75) is 18.8 Å². The third-order valence-corrected chi connectivity index (χ3v) is 4.55. The molecule has 0 amide bonds. The van der Waals surface area contributed by atoms with E-state index in [1.54, 1.807) is 6.20 Å². The van der Waals surface area contributed by atoms with Crippen LogP contribution >= 0.6 is 0 Å². The van der Waals surface area contributed by atoms with Crippen molar-refractivity contribution in [1.29, 1.82) is 5.26 Å². The number of H-pyrrole nitrogens is 1. The lowest BCUT2D eigenvalue weighted by Gasteiger charge is -2.33. The van der Waals surface area contributed by atoms with E-state index < -0.39 is 0 Å². The summed E-state index contributed by atoms with van der Waals surface area (Å²) in [5.74, 6) is 1.42. The molecule has 3 aromatic rings. The molecule has 5 nitrogen and oxygen atoms in total. The Hall–Kier alpha value is -2.87. The summed E-state index contributed by atoms with van der Waals surface area (Å²) >= 11 is 0. The molecule has 3 aromatic heterocycles. The highest BCUT2D eigenvalue weighted by atomic mass is 15.2. The van der Waals surface area contributed by atoms with Crippen LogP contribution in [0.1, 0.15) is 29.9 Å². The third-order valence-electron chi connectivity index (χ3n) is 4.55. The molecule has 23 heavy (non-hydrogen) atoms. The van der Waals surface area contributed by atoms with Gasteiger partial charge in [-0.15, -0.1) is 0 Å². The molecule has 1 atom stereocenters. The number of nitriles is 1. The smallest absolute Gasteiger partial charge is 0.137 e. The van der Waals surface area contributed by atoms with Gasteiger partial charge in [-0.3, -0.25) is 0 Å². The summed E-state index contributed by atoms with van der Waals surface area (Å²) in [6.07, 6.45) is 7.87. The molecule has 0 radical (unpaired) electrons. The van der Waals surface area contributed by atoms with Gasteiger partial charge in [0.05, 0.1) is 5.56 Å². The van der Waals surface area contributed by atoms with Gasteiger partial charge in [-0.2, -0.15) is 5.26 Å². The van der Waals surface area contributed by atoms with Crippen LogP contribution in [0.3, 0.4) is 0 Å². The zero-order chi connectivity index (χ0) is 15.6. The fourth-order valence-corrected chi connectivity index (χ4v) is 3.39. The van der Waals surface area contributed by atoms with Crippen LogP contribution in [0.25, 0.3) is 11.0 Å². The first-order valence-electron chi connectivity index (χ1n) is 7.88. The van der Waals surface area contributed by atoms with E-state index in [4.69, 9.17) is 5.26 Å². The minimum Gasteiger partial charge on any atom is -0.356 e. The summed E-state index contributed by atoms with van der Waals surface area (Å²) in [5, 5.41) is 10.1. The average Bonchev–Trinajstić information content (AvgIpc) is 3.06. The summed E-state index contributed by atoms with van der Waals surface area (Å²) in [4.78, 5) is 14.4. The maximum Gasteiger partial charge on any atom is 0.137 e. The summed E-state index contributed by atoms with van der Waals surface area (Å²) in [6, 6.07) is 10.0. The van der Waals surface area contributed by atoms with E-state index in [2.05, 4.69) is 38.2 Å². The molecule has 1 aliphatic heterocycles. The number of rotatable bonds is 2. The number of piperidine rings is 1. The molecule has 0 saturated carbocycles. The number of fused-ring (bicyclic) bond motifs is 1.